The van der Waals surface area contributed by atoms with Gasteiger partial charge in [-0.3, -0.25) is 0 Å². The molecule has 1 atom stereocenters. The number of nitrogens with zero attached hydrogens (tertiary/aromatic N) is 1. The molecule has 0 unspecified atom stereocenters. The zero-order valence-corrected chi connectivity index (χ0v) is 7.83. The highest BCUT2D eigenvalue weighted by atomic mass is 16.5. The van der Waals surface area contributed by atoms with Gasteiger partial charge in [-0.05, 0) is 25.3 Å². The highest BCUT2D eigenvalue weighted by Gasteiger charge is 2.18. The van der Waals surface area contributed by atoms with Crippen molar-refractivity contribution < 1.29 is 9.84 Å². The summed E-state index contributed by atoms with van der Waals surface area (Å²) in [6.07, 6.45) is 2.52. The predicted octanol–water partition coefficient (Wildman–Crippen LogP) is 0.337. The molecule has 3 heteroatoms. The van der Waals surface area contributed by atoms with Crippen molar-refractivity contribution in [2.45, 2.75) is 12.8 Å². The van der Waals surface area contributed by atoms with E-state index in [0.717, 1.165) is 26.2 Å². The number of hydrogen-bond acceptors (Lipinski definition) is 3. The van der Waals surface area contributed by atoms with E-state index in [1.165, 1.54) is 12.8 Å². The number of likely N-dealkylation sites (tertiary alicyclic amines) is 1. The van der Waals surface area contributed by atoms with Crippen LogP contribution >= 0.6 is 0 Å². The van der Waals surface area contributed by atoms with Gasteiger partial charge in [0.05, 0.1) is 13.2 Å². The lowest BCUT2D eigenvalue weighted by atomic mass is 9.99. The summed E-state index contributed by atoms with van der Waals surface area (Å²) in [6, 6.07) is 0. The Kier molecular flexibility index (Phi) is 4.58. The van der Waals surface area contributed by atoms with E-state index < -0.39 is 0 Å². The van der Waals surface area contributed by atoms with E-state index >= 15 is 0 Å². The van der Waals surface area contributed by atoms with Crippen molar-refractivity contribution in [3.63, 3.8) is 0 Å². The van der Waals surface area contributed by atoms with Crippen molar-refractivity contribution in [3.05, 3.63) is 0 Å². The van der Waals surface area contributed by atoms with Gasteiger partial charge >= 0.3 is 0 Å². The first-order valence-corrected chi connectivity index (χ1v) is 4.69. The molecule has 0 aromatic rings. The Morgan fingerprint density at radius 2 is 2.42 bits per heavy atom. The quantitative estimate of drug-likeness (QED) is 0.665. The Morgan fingerprint density at radius 1 is 1.58 bits per heavy atom. The van der Waals surface area contributed by atoms with Crippen LogP contribution in [0.15, 0.2) is 0 Å². The molecule has 12 heavy (non-hydrogen) atoms. The lowest BCUT2D eigenvalue weighted by Gasteiger charge is -2.31. The van der Waals surface area contributed by atoms with Gasteiger partial charge in [-0.15, -0.1) is 0 Å². The standard InChI is InChI=1S/C9H19NO2/c1-12-8-9-3-2-4-10(7-9)5-6-11/h9,11H,2-8H2,1H3/t9-/m0/s1. The lowest BCUT2D eigenvalue weighted by molar-refractivity contribution is 0.0810. The Labute approximate surface area is 74.3 Å². The average Bonchev–Trinajstić information content (AvgIpc) is 2.06. The molecule has 0 spiro atoms. The summed E-state index contributed by atoms with van der Waals surface area (Å²) in [5, 5.41) is 8.76. The van der Waals surface area contributed by atoms with Gasteiger partial charge in [0, 0.05) is 20.2 Å². The minimum atomic E-state index is 0.277. The minimum absolute atomic E-state index is 0.277. The van der Waals surface area contributed by atoms with Crippen LogP contribution in [0.4, 0.5) is 0 Å². The summed E-state index contributed by atoms with van der Waals surface area (Å²) in [5.41, 5.74) is 0. The average molecular weight is 173 g/mol. The lowest BCUT2D eigenvalue weighted by Crippen LogP contribution is -2.38. The molecule has 72 valence electrons. The Morgan fingerprint density at radius 3 is 3.08 bits per heavy atom. The Hall–Kier alpha value is -0.120. The molecule has 0 amide bonds. The van der Waals surface area contributed by atoms with Gasteiger partial charge < -0.3 is 14.7 Å². The third-order valence-corrected chi connectivity index (χ3v) is 2.42. The molecular formula is C9H19NO2. The van der Waals surface area contributed by atoms with Crippen molar-refractivity contribution in [1.82, 2.24) is 4.90 Å². The molecule has 0 aromatic heterocycles. The minimum Gasteiger partial charge on any atom is -0.395 e. The number of hydrogen-bond donors (Lipinski definition) is 1. The molecule has 1 aliphatic rings. The SMILES string of the molecule is COC[C@H]1CCCN(CCO)C1. The molecule has 1 aliphatic heterocycles. The monoisotopic (exact) mass is 173 g/mol. The van der Waals surface area contributed by atoms with E-state index in [-0.39, 0.29) is 6.61 Å². The molecule has 0 aromatic carbocycles. The summed E-state index contributed by atoms with van der Waals surface area (Å²) in [7, 11) is 1.75. The van der Waals surface area contributed by atoms with Crippen LogP contribution in [0.3, 0.4) is 0 Å². The number of methoxy groups -OCH3 is 1. The highest BCUT2D eigenvalue weighted by Crippen LogP contribution is 2.15. The molecular weight excluding hydrogens is 154 g/mol. The number of piperidine rings is 1. The van der Waals surface area contributed by atoms with E-state index in [9.17, 15) is 0 Å². The second kappa shape index (κ2) is 5.51. The third-order valence-electron chi connectivity index (χ3n) is 2.42. The van der Waals surface area contributed by atoms with Crippen LogP contribution in [-0.4, -0.2) is 50.0 Å². The van der Waals surface area contributed by atoms with E-state index in [2.05, 4.69) is 4.90 Å². The first-order valence-electron chi connectivity index (χ1n) is 4.69. The fourth-order valence-electron chi connectivity index (χ4n) is 1.87. The van der Waals surface area contributed by atoms with Crippen LogP contribution in [-0.2, 0) is 4.74 Å². The van der Waals surface area contributed by atoms with Gasteiger partial charge in [0.1, 0.15) is 0 Å². The zero-order chi connectivity index (χ0) is 8.81. The molecule has 1 rings (SSSR count). The van der Waals surface area contributed by atoms with Crippen molar-refractivity contribution in [3.8, 4) is 0 Å². The predicted molar refractivity (Wildman–Crippen MR) is 48.1 cm³/mol. The van der Waals surface area contributed by atoms with Gasteiger partial charge in [0.15, 0.2) is 0 Å². The zero-order valence-electron chi connectivity index (χ0n) is 7.83. The summed E-state index contributed by atoms with van der Waals surface area (Å²) in [4.78, 5) is 2.31. The van der Waals surface area contributed by atoms with Crippen LogP contribution in [0.1, 0.15) is 12.8 Å². The fourth-order valence-corrected chi connectivity index (χ4v) is 1.87. The Bertz CT molecular complexity index is 103. The van der Waals surface area contributed by atoms with Crippen molar-refractivity contribution in [2.24, 2.45) is 5.92 Å². The second-order valence-electron chi connectivity index (χ2n) is 3.49. The van der Waals surface area contributed by atoms with Gasteiger partial charge in [0.25, 0.3) is 0 Å². The van der Waals surface area contributed by atoms with Crippen molar-refractivity contribution in [2.75, 3.05) is 40.0 Å². The third kappa shape index (κ3) is 3.09. The summed E-state index contributed by atoms with van der Waals surface area (Å²) >= 11 is 0. The summed E-state index contributed by atoms with van der Waals surface area (Å²) in [6.45, 7) is 4.19. The van der Waals surface area contributed by atoms with Gasteiger partial charge in [-0.25, -0.2) is 0 Å². The molecule has 0 bridgehead atoms. The molecule has 1 heterocycles. The largest absolute Gasteiger partial charge is 0.395 e. The first kappa shape index (κ1) is 9.96. The van der Waals surface area contributed by atoms with E-state index in [1.54, 1.807) is 7.11 Å². The highest BCUT2D eigenvalue weighted by molar-refractivity contribution is 4.72. The molecule has 1 N–H and O–H groups in total. The van der Waals surface area contributed by atoms with Crippen molar-refractivity contribution in [1.29, 1.82) is 0 Å². The van der Waals surface area contributed by atoms with Crippen LogP contribution < -0.4 is 0 Å². The number of ether oxygens (including phenoxy) is 1. The fraction of sp³-hybridized carbons (Fsp3) is 1.00. The van der Waals surface area contributed by atoms with Gasteiger partial charge in [-0.2, -0.15) is 0 Å². The number of aliphatic hydroxyl groups is 1. The molecule has 0 saturated carbocycles. The molecule has 0 aliphatic carbocycles. The van der Waals surface area contributed by atoms with Gasteiger partial charge in [0.2, 0.25) is 0 Å². The van der Waals surface area contributed by atoms with Crippen LogP contribution in [0.25, 0.3) is 0 Å². The molecule has 3 nitrogen and oxygen atoms in total. The van der Waals surface area contributed by atoms with Crippen LogP contribution in [0.2, 0.25) is 0 Å². The van der Waals surface area contributed by atoms with E-state index in [0.29, 0.717) is 5.92 Å². The summed E-state index contributed by atoms with van der Waals surface area (Å²) in [5.74, 6) is 0.676. The van der Waals surface area contributed by atoms with Gasteiger partial charge in [-0.1, -0.05) is 0 Å². The molecule has 0 radical (unpaired) electrons. The number of aliphatic hydroxyl groups excluding tert-OH is 1. The van der Waals surface area contributed by atoms with Crippen LogP contribution in [0, 0.1) is 5.92 Å². The van der Waals surface area contributed by atoms with E-state index in [1.807, 2.05) is 0 Å². The molecule has 1 saturated heterocycles. The Balaban J connectivity index is 2.20. The number of β-amino-alcohol motifs (C(OH)–C–C–N with tert-alkyl or cyclic N) is 1. The van der Waals surface area contributed by atoms with E-state index in [4.69, 9.17) is 9.84 Å². The normalized spacial score (nSPS) is 26.0. The molecule has 1 fully saturated rings. The van der Waals surface area contributed by atoms with Crippen LogP contribution in [0.5, 0.6) is 0 Å². The summed E-state index contributed by atoms with van der Waals surface area (Å²) < 4.78 is 5.12. The maximum Gasteiger partial charge on any atom is 0.0558 e. The first-order chi connectivity index (χ1) is 5.86. The van der Waals surface area contributed by atoms with Crippen molar-refractivity contribution >= 4 is 0 Å². The maximum absolute atomic E-state index is 8.76. The topological polar surface area (TPSA) is 32.7 Å². The smallest absolute Gasteiger partial charge is 0.0558 e. The maximum atomic E-state index is 8.76. The number of rotatable bonds is 4. The second-order valence-corrected chi connectivity index (χ2v) is 3.49.